The van der Waals surface area contributed by atoms with E-state index < -0.39 is 17.5 Å². The van der Waals surface area contributed by atoms with E-state index in [4.69, 9.17) is 4.74 Å². The summed E-state index contributed by atoms with van der Waals surface area (Å²) in [6.45, 7) is 5.10. The van der Waals surface area contributed by atoms with Crippen LogP contribution in [0.4, 0.5) is 4.79 Å². The van der Waals surface area contributed by atoms with Gasteiger partial charge in [-0.3, -0.25) is 4.90 Å². The highest BCUT2D eigenvalue weighted by molar-refractivity contribution is 5.86. The number of hydrogen-bond acceptors (Lipinski definition) is 4. The van der Waals surface area contributed by atoms with Gasteiger partial charge in [0.1, 0.15) is 0 Å². The first-order valence-corrected chi connectivity index (χ1v) is 7.15. The zero-order valence-corrected chi connectivity index (χ0v) is 11.9. The number of urea groups is 1. The molecule has 2 saturated heterocycles. The van der Waals surface area contributed by atoms with Crippen molar-refractivity contribution in [1.82, 2.24) is 15.5 Å². The van der Waals surface area contributed by atoms with E-state index in [1.165, 1.54) is 12.8 Å². The third kappa shape index (κ3) is 3.40. The van der Waals surface area contributed by atoms with Crippen molar-refractivity contribution in [2.75, 3.05) is 32.8 Å². The average Bonchev–Trinajstić information content (AvgIpc) is 3.07. The van der Waals surface area contributed by atoms with Crippen LogP contribution >= 0.6 is 0 Å². The van der Waals surface area contributed by atoms with Gasteiger partial charge in [-0.25, -0.2) is 9.59 Å². The van der Waals surface area contributed by atoms with Crippen LogP contribution in [0, 0.1) is 0 Å². The van der Waals surface area contributed by atoms with Gasteiger partial charge in [-0.15, -0.1) is 0 Å². The second-order valence-corrected chi connectivity index (χ2v) is 5.62. The molecule has 114 valence electrons. The van der Waals surface area contributed by atoms with Gasteiger partial charge >= 0.3 is 12.0 Å². The number of carbonyl (C=O) groups is 2. The van der Waals surface area contributed by atoms with Gasteiger partial charge in [-0.05, 0) is 32.9 Å². The number of nitrogens with zero attached hydrogens (tertiary/aromatic N) is 1. The maximum absolute atomic E-state index is 11.9. The standard InChI is InChI=1S/C13H23N3O4/c1-10(16-5-2-3-6-16)8-14-12(19)15-13(11(17)18)4-7-20-9-13/h10H,2-9H2,1H3,(H,17,18)(H2,14,15,19). The zero-order valence-electron chi connectivity index (χ0n) is 11.9. The molecule has 0 aliphatic carbocycles. The van der Waals surface area contributed by atoms with E-state index >= 15 is 0 Å². The average molecular weight is 285 g/mol. The number of rotatable bonds is 5. The normalized spacial score (nSPS) is 28.2. The zero-order chi connectivity index (χ0) is 14.6. The summed E-state index contributed by atoms with van der Waals surface area (Å²) in [4.78, 5) is 25.5. The van der Waals surface area contributed by atoms with Gasteiger partial charge < -0.3 is 20.5 Å². The summed E-state index contributed by atoms with van der Waals surface area (Å²) in [5, 5.41) is 14.5. The van der Waals surface area contributed by atoms with Crippen LogP contribution in [0.25, 0.3) is 0 Å². The Morgan fingerprint density at radius 1 is 1.40 bits per heavy atom. The number of aliphatic carboxylic acids is 1. The third-order valence-electron chi connectivity index (χ3n) is 4.11. The maximum Gasteiger partial charge on any atom is 0.332 e. The van der Waals surface area contributed by atoms with Gasteiger partial charge in [-0.1, -0.05) is 0 Å². The van der Waals surface area contributed by atoms with Gasteiger partial charge in [0.15, 0.2) is 5.54 Å². The molecule has 0 saturated carbocycles. The highest BCUT2D eigenvalue weighted by Gasteiger charge is 2.44. The minimum atomic E-state index is -1.28. The third-order valence-corrected chi connectivity index (χ3v) is 4.11. The Hall–Kier alpha value is -1.34. The molecule has 2 rings (SSSR count). The Labute approximate surface area is 118 Å². The number of ether oxygens (including phenoxy) is 1. The smallest absolute Gasteiger partial charge is 0.332 e. The van der Waals surface area contributed by atoms with Crippen LogP contribution in [-0.2, 0) is 9.53 Å². The molecule has 0 spiro atoms. The number of amides is 2. The molecular weight excluding hydrogens is 262 g/mol. The number of carboxylic acids is 1. The summed E-state index contributed by atoms with van der Waals surface area (Å²) < 4.78 is 5.10. The van der Waals surface area contributed by atoms with Gasteiger partial charge in [0.2, 0.25) is 0 Å². The first-order valence-electron chi connectivity index (χ1n) is 7.15. The van der Waals surface area contributed by atoms with Gasteiger partial charge in [0, 0.05) is 25.6 Å². The van der Waals surface area contributed by atoms with Crippen LogP contribution in [0.5, 0.6) is 0 Å². The SMILES string of the molecule is CC(CNC(=O)NC1(C(=O)O)CCOC1)N1CCCC1. The maximum atomic E-state index is 11.9. The minimum absolute atomic E-state index is 0.0252. The minimum Gasteiger partial charge on any atom is -0.479 e. The molecule has 20 heavy (non-hydrogen) atoms. The molecule has 2 fully saturated rings. The van der Waals surface area contributed by atoms with Crippen LogP contribution in [0.15, 0.2) is 0 Å². The second kappa shape index (κ2) is 6.41. The van der Waals surface area contributed by atoms with Crippen LogP contribution in [0.3, 0.4) is 0 Å². The van der Waals surface area contributed by atoms with Gasteiger partial charge in [0.05, 0.1) is 6.61 Å². The van der Waals surface area contributed by atoms with E-state index in [9.17, 15) is 14.7 Å². The van der Waals surface area contributed by atoms with Crippen LogP contribution < -0.4 is 10.6 Å². The summed E-state index contributed by atoms with van der Waals surface area (Å²) >= 11 is 0. The monoisotopic (exact) mass is 285 g/mol. The summed E-state index contributed by atoms with van der Waals surface area (Å²) in [6, 6.07) is -0.173. The van der Waals surface area contributed by atoms with Crippen LogP contribution in [-0.4, -0.2) is 66.4 Å². The van der Waals surface area contributed by atoms with E-state index in [1.54, 1.807) is 0 Å². The quantitative estimate of drug-likeness (QED) is 0.662. The molecule has 0 aromatic rings. The molecule has 2 atom stereocenters. The van der Waals surface area contributed by atoms with Crippen molar-refractivity contribution in [2.45, 2.75) is 37.8 Å². The molecule has 2 heterocycles. The Bertz CT molecular complexity index is 363. The van der Waals surface area contributed by atoms with E-state index in [1.807, 2.05) is 0 Å². The molecule has 7 nitrogen and oxygen atoms in total. The number of hydrogen-bond donors (Lipinski definition) is 3. The van der Waals surface area contributed by atoms with E-state index in [2.05, 4.69) is 22.5 Å². The first kappa shape index (κ1) is 15.1. The predicted molar refractivity (Wildman–Crippen MR) is 72.6 cm³/mol. The second-order valence-electron chi connectivity index (χ2n) is 5.62. The largest absolute Gasteiger partial charge is 0.479 e. The lowest BCUT2D eigenvalue weighted by Crippen LogP contribution is -2.58. The molecular formula is C13H23N3O4. The number of carbonyl (C=O) groups excluding carboxylic acids is 1. The first-order chi connectivity index (χ1) is 9.53. The van der Waals surface area contributed by atoms with Gasteiger partial charge in [0.25, 0.3) is 0 Å². The lowest BCUT2D eigenvalue weighted by Gasteiger charge is -2.26. The fourth-order valence-corrected chi connectivity index (χ4v) is 2.70. The predicted octanol–water partition coefficient (Wildman–Crippen LogP) is 0.0136. The number of carboxylic acid groups (broad SMARTS) is 1. The Kier molecular flexibility index (Phi) is 4.82. The molecule has 0 radical (unpaired) electrons. The molecule has 0 bridgehead atoms. The fraction of sp³-hybridized carbons (Fsp3) is 0.846. The molecule has 2 aliphatic rings. The summed E-state index contributed by atoms with van der Waals surface area (Å²) in [6.07, 6.45) is 2.71. The molecule has 7 heteroatoms. The molecule has 2 unspecified atom stereocenters. The molecule has 3 N–H and O–H groups in total. The van der Waals surface area contributed by atoms with Crippen molar-refractivity contribution in [2.24, 2.45) is 0 Å². The highest BCUT2D eigenvalue weighted by atomic mass is 16.5. The summed E-state index contributed by atoms with van der Waals surface area (Å²) in [5.74, 6) is -1.04. The Balaban J connectivity index is 1.78. The highest BCUT2D eigenvalue weighted by Crippen LogP contribution is 2.18. The Morgan fingerprint density at radius 2 is 2.10 bits per heavy atom. The molecule has 0 aromatic heterocycles. The van der Waals surface area contributed by atoms with Crippen molar-refractivity contribution in [3.63, 3.8) is 0 Å². The van der Waals surface area contributed by atoms with Crippen LogP contribution in [0.2, 0.25) is 0 Å². The topological polar surface area (TPSA) is 90.9 Å². The molecule has 0 aromatic carbocycles. The summed E-state index contributed by atoms with van der Waals surface area (Å²) in [5.41, 5.74) is -1.28. The van der Waals surface area contributed by atoms with E-state index in [-0.39, 0.29) is 12.6 Å². The van der Waals surface area contributed by atoms with Crippen molar-refractivity contribution in [3.05, 3.63) is 0 Å². The van der Waals surface area contributed by atoms with E-state index in [0.717, 1.165) is 13.1 Å². The lowest BCUT2D eigenvalue weighted by molar-refractivity contribution is -0.144. The van der Waals surface area contributed by atoms with Crippen molar-refractivity contribution in [1.29, 1.82) is 0 Å². The number of nitrogens with one attached hydrogen (secondary N) is 2. The van der Waals surface area contributed by atoms with Crippen molar-refractivity contribution in [3.8, 4) is 0 Å². The molecule has 2 aliphatic heterocycles. The van der Waals surface area contributed by atoms with Crippen molar-refractivity contribution >= 4 is 12.0 Å². The lowest BCUT2D eigenvalue weighted by atomic mass is 9.99. The fourth-order valence-electron chi connectivity index (χ4n) is 2.70. The Morgan fingerprint density at radius 3 is 2.65 bits per heavy atom. The summed E-state index contributed by atoms with van der Waals surface area (Å²) in [7, 11) is 0. The van der Waals surface area contributed by atoms with Crippen LogP contribution in [0.1, 0.15) is 26.2 Å². The molecule has 2 amide bonds. The van der Waals surface area contributed by atoms with Crippen molar-refractivity contribution < 1.29 is 19.4 Å². The van der Waals surface area contributed by atoms with E-state index in [0.29, 0.717) is 19.6 Å². The number of likely N-dealkylation sites (tertiary alicyclic amines) is 1. The van der Waals surface area contributed by atoms with Gasteiger partial charge in [-0.2, -0.15) is 0 Å².